The van der Waals surface area contributed by atoms with Crippen molar-refractivity contribution in [3.05, 3.63) is 66.0 Å². The number of benzene rings is 1. The maximum atomic E-state index is 12.2. The zero-order valence-corrected chi connectivity index (χ0v) is 12.8. The summed E-state index contributed by atoms with van der Waals surface area (Å²) in [5, 5.41) is 11.8. The fourth-order valence-electron chi connectivity index (χ4n) is 2.08. The molecule has 0 aliphatic heterocycles. The van der Waals surface area contributed by atoms with E-state index in [1.807, 2.05) is 12.1 Å². The summed E-state index contributed by atoms with van der Waals surface area (Å²) < 4.78 is 10.6. The van der Waals surface area contributed by atoms with Crippen molar-refractivity contribution in [1.82, 2.24) is 4.98 Å². The van der Waals surface area contributed by atoms with Crippen LogP contribution < -0.4 is 5.32 Å². The molecular weight excluding hydrogens is 306 g/mol. The van der Waals surface area contributed by atoms with Gasteiger partial charge < -0.3 is 14.2 Å². The van der Waals surface area contributed by atoms with E-state index < -0.39 is 5.91 Å². The fourth-order valence-corrected chi connectivity index (χ4v) is 2.08. The number of hydrogen-bond acceptors (Lipinski definition) is 5. The van der Waals surface area contributed by atoms with Gasteiger partial charge in [-0.15, -0.1) is 0 Å². The summed E-state index contributed by atoms with van der Waals surface area (Å²) in [7, 11) is 0. The Bertz CT molecular complexity index is 931. The van der Waals surface area contributed by atoms with Crippen molar-refractivity contribution in [2.24, 2.45) is 0 Å². The van der Waals surface area contributed by atoms with Gasteiger partial charge in [0.25, 0.3) is 5.91 Å². The summed E-state index contributed by atoms with van der Waals surface area (Å²) in [6.07, 6.45) is 4.48. The standard InChI is InChI=1S/C18H13N3O3/c1-12-11-20-18(24-12)13-4-2-5-15(8-13)21-17(22)14(10-19)9-16-6-3-7-23-16/h2-9,11H,1H3,(H,21,22)/b14-9+. The minimum absolute atomic E-state index is 0.0534. The number of nitrogens with one attached hydrogen (secondary N) is 1. The van der Waals surface area contributed by atoms with E-state index in [2.05, 4.69) is 10.3 Å². The molecule has 1 aromatic carbocycles. The number of anilines is 1. The van der Waals surface area contributed by atoms with Crippen molar-refractivity contribution in [3.63, 3.8) is 0 Å². The second-order valence-corrected chi connectivity index (χ2v) is 5.00. The molecule has 0 radical (unpaired) electrons. The summed E-state index contributed by atoms with van der Waals surface area (Å²) in [6, 6.07) is 12.3. The highest BCUT2D eigenvalue weighted by Crippen LogP contribution is 2.22. The second kappa shape index (κ2) is 6.67. The van der Waals surface area contributed by atoms with E-state index in [0.717, 1.165) is 5.56 Å². The fraction of sp³-hybridized carbons (Fsp3) is 0.0556. The highest BCUT2D eigenvalue weighted by atomic mass is 16.4. The van der Waals surface area contributed by atoms with E-state index in [1.165, 1.54) is 12.3 Å². The highest BCUT2D eigenvalue weighted by Gasteiger charge is 2.12. The minimum atomic E-state index is -0.519. The van der Waals surface area contributed by atoms with E-state index in [1.54, 1.807) is 43.5 Å². The Balaban J connectivity index is 1.80. The number of carbonyl (C=O) groups excluding carboxylic acids is 1. The Hall–Kier alpha value is -3.59. The Kier molecular flexibility index (Phi) is 4.25. The quantitative estimate of drug-likeness (QED) is 0.583. The van der Waals surface area contributed by atoms with Gasteiger partial charge in [0, 0.05) is 17.3 Å². The van der Waals surface area contributed by atoms with Gasteiger partial charge in [-0.1, -0.05) is 6.07 Å². The SMILES string of the molecule is Cc1cnc(-c2cccc(NC(=O)/C(C#N)=C/c3ccco3)c2)o1. The van der Waals surface area contributed by atoms with Crippen LogP contribution in [0.4, 0.5) is 5.69 Å². The number of oxazole rings is 1. The summed E-state index contributed by atoms with van der Waals surface area (Å²) >= 11 is 0. The second-order valence-electron chi connectivity index (χ2n) is 5.00. The van der Waals surface area contributed by atoms with Crippen LogP contribution in [0.3, 0.4) is 0 Å². The van der Waals surface area contributed by atoms with Gasteiger partial charge in [0.15, 0.2) is 0 Å². The lowest BCUT2D eigenvalue weighted by Gasteiger charge is -2.05. The lowest BCUT2D eigenvalue weighted by atomic mass is 10.2. The predicted octanol–water partition coefficient (Wildman–Crippen LogP) is 3.79. The van der Waals surface area contributed by atoms with Crippen LogP contribution in [0.25, 0.3) is 17.5 Å². The number of rotatable bonds is 4. The summed E-state index contributed by atoms with van der Waals surface area (Å²) in [5.41, 5.74) is 1.21. The minimum Gasteiger partial charge on any atom is -0.465 e. The molecule has 1 amide bonds. The largest absolute Gasteiger partial charge is 0.465 e. The van der Waals surface area contributed by atoms with E-state index in [4.69, 9.17) is 14.1 Å². The third-order valence-electron chi connectivity index (χ3n) is 3.18. The molecule has 0 atom stereocenters. The average Bonchev–Trinajstić information content (AvgIpc) is 3.24. The first kappa shape index (κ1) is 15.3. The molecule has 0 aliphatic rings. The first-order valence-corrected chi connectivity index (χ1v) is 7.15. The van der Waals surface area contributed by atoms with Gasteiger partial charge in [-0.2, -0.15) is 5.26 Å². The van der Waals surface area contributed by atoms with E-state index in [9.17, 15) is 4.79 Å². The molecule has 2 aromatic heterocycles. The number of furan rings is 1. The molecule has 2 heterocycles. The highest BCUT2D eigenvalue weighted by molar-refractivity contribution is 6.09. The molecule has 3 aromatic rings. The normalized spacial score (nSPS) is 11.1. The zero-order valence-electron chi connectivity index (χ0n) is 12.8. The predicted molar refractivity (Wildman–Crippen MR) is 87.6 cm³/mol. The number of nitriles is 1. The third kappa shape index (κ3) is 3.42. The molecule has 0 saturated heterocycles. The molecule has 0 spiro atoms. The number of hydrogen-bond donors (Lipinski definition) is 1. The summed E-state index contributed by atoms with van der Waals surface area (Å²) in [6.45, 7) is 1.81. The van der Waals surface area contributed by atoms with Crippen LogP contribution in [0.2, 0.25) is 0 Å². The topological polar surface area (TPSA) is 92.1 Å². The molecule has 0 bridgehead atoms. The zero-order chi connectivity index (χ0) is 16.9. The summed E-state index contributed by atoms with van der Waals surface area (Å²) in [4.78, 5) is 16.4. The van der Waals surface area contributed by atoms with Gasteiger partial charge in [0.05, 0.1) is 12.5 Å². The number of aryl methyl sites for hydroxylation is 1. The van der Waals surface area contributed by atoms with Crippen molar-refractivity contribution in [2.75, 3.05) is 5.32 Å². The molecule has 1 N–H and O–H groups in total. The number of carbonyl (C=O) groups is 1. The van der Waals surface area contributed by atoms with Gasteiger partial charge in [-0.3, -0.25) is 4.79 Å². The van der Waals surface area contributed by atoms with Crippen molar-refractivity contribution < 1.29 is 13.6 Å². The van der Waals surface area contributed by atoms with Gasteiger partial charge in [0.2, 0.25) is 5.89 Å². The maximum absolute atomic E-state index is 12.2. The van der Waals surface area contributed by atoms with Gasteiger partial charge in [-0.05, 0) is 37.3 Å². The summed E-state index contributed by atoms with van der Waals surface area (Å²) in [5.74, 6) is 1.09. The van der Waals surface area contributed by atoms with Gasteiger partial charge in [0.1, 0.15) is 23.2 Å². The smallest absolute Gasteiger partial charge is 0.266 e. The number of nitrogens with zero attached hydrogens (tertiary/aromatic N) is 2. The maximum Gasteiger partial charge on any atom is 0.266 e. The Labute approximate surface area is 138 Å². The van der Waals surface area contributed by atoms with E-state index in [-0.39, 0.29) is 5.57 Å². The van der Waals surface area contributed by atoms with E-state index >= 15 is 0 Å². The van der Waals surface area contributed by atoms with Crippen LogP contribution >= 0.6 is 0 Å². The van der Waals surface area contributed by atoms with E-state index in [0.29, 0.717) is 23.1 Å². The molecule has 0 unspecified atom stereocenters. The van der Waals surface area contributed by atoms with Crippen molar-refractivity contribution in [1.29, 1.82) is 5.26 Å². The van der Waals surface area contributed by atoms with Gasteiger partial charge in [-0.25, -0.2) is 4.98 Å². The first-order valence-electron chi connectivity index (χ1n) is 7.15. The Morgan fingerprint density at radius 1 is 1.33 bits per heavy atom. The number of amides is 1. The molecule has 0 fully saturated rings. The van der Waals surface area contributed by atoms with Crippen LogP contribution in [0.15, 0.2) is 63.3 Å². The van der Waals surface area contributed by atoms with Crippen molar-refractivity contribution >= 4 is 17.7 Å². The molecule has 118 valence electrons. The Morgan fingerprint density at radius 2 is 2.21 bits per heavy atom. The third-order valence-corrected chi connectivity index (χ3v) is 3.18. The van der Waals surface area contributed by atoms with Crippen LogP contribution in [0.1, 0.15) is 11.5 Å². The molecule has 6 nitrogen and oxygen atoms in total. The van der Waals surface area contributed by atoms with Crippen molar-refractivity contribution in [3.8, 4) is 17.5 Å². The molecule has 0 saturated carbocycles. The lowest BCUT2D eigenvalue weighted by molar-refractivity contribution is -0.112. The average molecular weight is 319 g/mol. The molecular formula is C18H13N3O3. The van der Waals surface area contributed by atoms with Crippen LogP contribution in [-0.2, 0) is 4.79 Å². The number of aromatic nitrogens is 1. The molecule has 6 heteroatoms. The molecule has 24 heavy (non-hydrogen) atoms. The van der Waals surface area contributed by atoms with Crippen LogP contribution in [0.5, 0.6) is 0 Å². The van der Waals surface area contributed by atoms with Crippen LogP contribution in [0, 0.1) is 18.3 Å². The van der Waals surface area contributed by atoms with Crippen molar-refractivity contribution in [2.45, 2.75) is 6.92 Å². The Morgan fingerprint density at radius 3 is 2.88 bits per heavy atom. The molecule has 3 rings (SSSR count). The van der Waals surface area contributed by atoms with Crippen LogP contribution in [-0.4, -0.2) is 10.9 Å². The monoisotopic (exact) mass is 319 g/mol. The molecule has 0 aliphatic carbocycles. The lowest BCUT2D eigenvalue weighted by Crippen LogP contribution is -2.13. The first-order chi connectivity index (χ1) is 11.7. The van der Waals surface area contributed by atoms with Gasteiger partial charge >= 0.3 is 0 Å².